The molecule has 1 aromatic heterocycles. The smallest absolute Gasteiger partial charge is 0.107 e. The predicted molar refractivity (Wildman–Crippen MR) is 66.7 cm³/mol. The maximum Gasteiger partial charge on any atom is 0.107 e. The number of nitrogens with one attached hydrogen (secondary N) is 1. The topological polar surface area (TPSA) is 28.2 Å². The van der Waals surface area contributed by atoms with Gasteiger partial charge in [-0.05, 0) is 32.7 Å². The average Bonchev–Trinajstić information content (AvgIpc) is 2.91. The molecular weight excluding hydrogens is 218 g/mol. The summed E-state index contributed by atoms with van der Waals surface area (Å²) in [5, 5.41) is 4.92. The summed E-state index contributed by atoms with van der Waals surface area (Å²) in [6, 6.07) is 1.51. The molecule has 16 heavy (non-hydrogen) atoms. The minimum absolute atomic E-state index is 0.701. The number of fused-ring (bicyclic) bond motifs is 1. The van der Waals surface area contributed by atoms with Crippen LogP contribution in [-0.4, -0.2) is 35.1 Å². The molecule has 3 rings (SSSR count). The lowest BCUT2D eigenvalue weighted by atomic mass is 10.1. The van der Waals surface area contributed by atoms with E-state index in [0.717, 1.165) is 12.6 Å². The molecule has 88 valence electrons. The standard InChI is InChI=1S/C12H19N3S/c1-9-7-14-12(16-9)8-13-10-4-6-15-5-2-3-11(10)15/h7,10-11,13H,2-6,8H2,1H3. The number of hydrogen-bond donors (Lipinski definition) is 1. The van der Waals surface area contributed by atoms with Gasteiger partial charge in [-0.25, -0.2) is 4.98 Å². The first-order valence-corrected chi connectivity index (χ1v) is 7.03. The number of thiazole rings is 1. The van der Waals surface area contributed by atoms with Gasteiger partial charge in [-0.3, -0.25) is 4.90 Å². The first-order valence-electron chi connectivity index (χ1n) is 6.21. The largest absolute Gasteiger partial charge is 0.306 e. The minimum atomic E-state index is 0.701. The SMILES string of the molecule is Cc1cnc(CNC2CCN3CCCC23)s1. The van der Waals surface area contributed by atoms with Crippen molar-refractivity contribution in [1.29, 1.82) is 0 Å². The Morgan fingerprint density at radius 3 is 3.25 bits per heavy atom. The molecule has 0 spiro atoms. The van der Waals surface area contributed by atoms with Gasteiger partial charge in [0.05, 0.1) is 0 Å². The first kappa shape index (κ1) is 10.7. The molecule has 1 N–H and O–H groups in total. The van der Waals surface area contributed by atoms with E-state index in [1.165, 1.54) is 42.2 Å². The Bertz CT molecular complexity index is 363. The van der Waals surface area contributed by atoms with Crippen LogP contribution >= 0.6 is 11.3 Å². The Morgan fingerprint density at radius 1 is 1.50 bits per heavy atom. The molecule has 0 aliphatic carbocycles. The molecule has 4 heteroatoms. The molecule has 2 fully saturated rings. The normalized spacial score (nSPS) is 29.8. The summed E-state index contributed by atoms with van der Waals surface area (Å²) in [7, 11) is 0. The monoisotopic (exact) mass is 237 g/mol. The van der Waals surface area contributed by atoms with Crippen LogP contribution < -0.4 is 5.32 Å². The lowest BCUT2D eigenvalue weighted by Crippen LogP contribution is -2.38. The van der Waals surface area contributed by atoms with E-state index in [1.807, 2.05) is 17.5 Å². The Morgan fingerprint density at radius 2 is 2.44 bits per heavy atom. The number of aryl methyl sites for hydroxylation is 1. The van der Waals surface area contributed by atoms with E-state index < -0.39 is 0 Å². The third kappa shape index (κ3) is 2.01. The molecule has 2 unspecified atom stereocenters. The van der Waals surface area contributed by atoms with Crippen LogP contribution in [0.4, 0.5) is 0 Å². The van der Waals surface area contributed by atoms with Crippen molar-refractivity contribution in [3.63, 3.8) is 0 Å². The fourth-order valence-corrected chi connectivity index (χ4v) is 3.76. The van der Waals surface area contributed by atoms with E-state index in [2.05, 4.69) is 22.1 Å². The van der Waals surface area contributed by atoms with Crippen LogP contribution in [0.2, 0.25) is 0 Å². The van der Waals surface area contributed by atoms with E-state index in [1.54, 1.807) is 0 Å². The minimum Gasteiger partial charge on any atom is -0.306 e. The van der Waals surface area contributed by atoms with Gasteiger partial charge in [0.15, 0.2) is 0 Å². The van der Waals surface area contributed by atoms with Crippen molar-refractivity contribution in [2.45, 2.75) is 44.8 Å². The summed E-state index contributed by atoms with van der Waals surface area (Å²) in [6.45, 7) is 5.68. The quantitative estimate of drug-likeness (QED) is 0.868. The highest BCUT2D eigenvalue weighted by Crippen LogP contribution is 2.28. The highest BCUT2D eigenvalue weighted by atomic mass is 32.1. The van der Waals surface area contributed by atoms with Gasteiger partial charge in [-0.1, -0.05) is 0 Å². The molecule has 0 amide bonds. The average molecular weight is 237 g/mol. The first-order chi connectivity index (χ1) is 7.83. The highest BCUT2D eigenvalue weighted by molar-refractivity contribution is 7.11. The summed E-state index contributed by atoms with van der Waals surface area (Å²) >= 11 is 1.81. The second-order valence-corrected chi connectivity index (χ2v) is 6.21. The summed E-state index contributed by atoms with van der Waals surface area (Å²) in [6.07, 6.45) is 6.06. The zero-order chi connectivity index (χ0) is 11.0. The fraction of sp³-hybridized carbons (Fsp3) is 0.750. The van der Waals surface area contributed by atoms with Gasteiger partial charge in [-0.15, -0.1) is 11.3 Å². The van der Waals surface area contributed by atoms with Crippen LogP contribution in [-0.2, 0) is 6.54 Å². The molecule has 1 aromatic rings. The molecular formula is C12H19N3S. The van der Waals surface area contributed by atoms with Crippen LogP contribution in [0.3, 0.4) is 0 Å². The molecule has 2 aliphatic heterocycles. The number of nitrogens with zero attached hydrogens (tertiary/aromatic N) is 2. The predicted octanol–water partition coefficient (Wildman–Crippen LogP) is 1.78. The van der Waals surface area contributed by atoms with Gasteiger partial charge in [0.2, 0.25) is 0 Å². The fourth-order valence-electron chi connectivity index (χ4n) is 3.02. The summed E-state index contributed by atoms with van der Waals surface area (Å²) < 4.78 is 0. The Balaban J connectivity index is 1.55. The highest BCUT2D eigenvalue weighted by Gasteiger charge is 2.36. The van der Waals surface area contributed by atoms with Gasteiger partial charge < -0.3 is 5.32 Å². The van der Waals surface area contributed by atoms with Gasteiger partial charge >= 0.3 is 0 Å². The maximum atomic E-state index is 4.40. The lowest BCUT2D eigenvalue weighted by molar-refractivity contribution is 0.298. The van der Waals surface area contributed by atoms with Crippen molar-refractivity contribution in [2.75, 3.05) is 13.1 Å². The molecule has 2 atom stereocenters. The molecule has 2 saturated heterocycles. The third-order valence-corrected chi connectivity index (χ3v) is 4.70. The summed E-state index contributed by atoms with van der Waals surface area (Å²) in [4.78, 5) is 8.36. The van der Waals surface area contributed by atoms with Gasteiger partial charge in [0.25, 0.3) is 0 Å². The van der Waals surface area contributed by atoms with Crippen molar-refractivity contribution in [3.05, 3.63) is 16.1 Å². The maximum absolute atomic E-state index is 4.40. The molecule has 0 radical (unpaired) electrons. The molecule has 0 aromatic carbocycles. The van der Waals surface area contributed by atoms with Crippen molar-refractivity contribution >= 4 is 11.3 Å². The van der Waals surface area contributed by atoms with E-state index in [-0.39, 0.29) is 0 Å². The van der Waals surface area contributed by atoms with Gasteiger partial charge in [0.1, 0.15) is 5.01 Å². The second-order valence-electron chi connectivity index (χ2n) is 4.89. The Labute approximate surface area is 101 Å². The van der Waals surface area contributed by atoms with Crippen molar-refractivity contribution in [1.82, 2.24) is 15.2 Å². The van der Waals surface area contributed by atoms with E-state index in [0.29, 0.717) is 6.04 Å². The number of hydrogen-bond acceptors (Lipinski definition) is 4. The van der Waals surface area contributed by atoms with Crippen molar-refractivity contribution in [3.8, 4) is 0 Å². The summed E-state index contributed by atoms with van der Waals surface area (Å²) in [5.74, 6) is 0. The zero-order valence-electron chi connectivity index (χ0n) is 9.78. The van der Waals surface area contributed by atoms with Crippen LogP contribution in [0.15, 0.2) is 6.20 Å². The molecule has 3 nitrogen and oxygen atoms in total. The molecule has 2 aliphatic rings. The van der Waals surface area contributed by atoms with Crippen molar-refractivity contribution < 1.29 is 0 Å². The van der Waals surface area contributed by atoms with E-state index >= 15 is 0 Å². The van der Waals surface area contributed by atoms with Gasteiger partial charge in [-0.2, -0.15) is 0 Å². The summed E-state index contributed by atoms with van der Waals surface area (Å²) in [5.41, 5.74) is 0. The molecule has 0 saturated carbocycles. The lowest BCUT2D eigenvalue weighted by Gasteiger charge is -2.20. The van der Waals surface area contributed by atoms with E-state index in [4.69, 9.17) is 0 Å². The molecule has 3 heterocycles. The zero-order valence-corrected chi connectivity index (χ0v) is 10.6. The van der Waals surface area contributed by atoms with Crippen LogP contribution in [0.1, 0.15) is 29.1 Å². The van der Waals surface area contributed by atoms with Crippen LogP contribution in [0.25, 0.3) is 0 Å². The second kappa shape index (κ2) is 4.43. The van der Waals surface area contributed by atoms with Crippen LogP contribution in [0, 0.1) is 6.92 Å². The van der Waals surface area contributed by atoms with E-state index in [9.17, 15) is 0 Å². The Kier molecular flexibility index (Phi) is 2.96. The van der Waals surface area contributed by atoms with Crippen LogP contribution in [0.5, 0.6) is 0 Å². The third-order valence-electron chi connectivity index (χ3n) is 3.79. The number of aromatic nitrogens is 1. The van der Waals surface area contributed by atoms with Crippen molar-refractivity contribution in [2.24, 2.45) is 0 Å². The Hall–Kier alpha value is -0.450. The number of rotatable bonds is 3. The van der Waals surface area contributed by atoms with Gasteiger partial charge in [0, 0.05) is 36.2 Å². The molecule has 0 bridgehead atoms.